The van der Waals surface area contributed by atoms with Crippen LogP contribution in [0, 0.1) is 5.82 Å². The molecular weight excluding hydrogens is 227 g/mol. The van der Waals surface area contributed by atoms with E-state index in [1.807, 2.05) is 6.07 Å². The number of benzene rings is 2. The molecule has 0 spiro atoms. The van der Waals surface area contributed by atoms with Crippen LogP contribution >= 0.6 is 0 Å². The summed E-state index contributed by atoms with van der Waals surface area (Å²) in [4.78, 5) is 10.8. The van der Waals surface area contributed by atoms with Gasteiger partial charge in [-0.3, -0.25) is 4.79 Å². The summed E-state index contributed by atoms with van der Waals surface area (Å²) in [5.74, 6) is -0.279. The largest absolute Gasteiger partial charge is 0.298 e. The highest BCUT2D eigenvalue weighted by Crippen LogP contribution is 2.29. The molecule has 0 unspecified atom stereocenters. The Hall–Kier alpha value is -1.96. The number of fused-ring (bicyclic) bond motifs is 1. The lowest BCUT2D eigenvalue weighted by atomic mass is 9.99. The van der Waals surface area contributed by atoms with Gasteiger partial charge in [-0.1, -0.05) is 18.2 Å². The fourth-order valence-corrected chi connectivity index (χ4v) is 2.58. The fraction of sp³-hybridized carbons (Fsp3) is 0.188. The monoisotopic (exact) mass is 240 g/mol. The van der Waals surface area contributed by atoms with Crippen molar-refractivity contribution in [2.24, 2.45) is 0 Å². The van der Waals surface area contributed by atoms with Crippen LogP contribution in [0.2, 0.25) is 0 Å². The summed E-state index contributed by atoms with van der Waals surface area (Å²) in [6, 6.07) is 10.5. The lowest BCUT2D eigenvalue weighted by Gasteiger charge is -2.07. The smallest absolute Gasteiger partial charge is 0.150 e. The highest BCUT2D eigenvalue weighted by atomic mass is 19.1. The van der Waals surface area contributed by atoms with E-state index in [0.717, 1.165) is 24.7 Å². The van der Waals surface area contributed by atoms with E-state index in [9.17, 15) is 9.18 Å². The van der Waals surface area contributed by atoms with Gasteiger partial charge in [-0.15, -0.1) is 0 Å². The molecule has 3 rings (SSSR count). The Bertz CT molecular complexity index is 616. The van der Waals surface area contributed by atoms with E-state index in [2.05, 4.69) is 12.1 Å². The number of hydrogen-bond acceptors (Lipinski definition) is 1. The zero-order valence-electron chi connectivity index (χ0n) is 9.95. The third kappa shape index (κ3) is 1.84. The van der Waals surface area contributed by atoms with E-state index in [1.54, 1.807) is 6.07 Å². The minimum atomic E-state index is -0.279. The van der Waals surface area contributed by atoms with Gasteiger partial charge in [-0.25, -0.2) is 4.39 Å². The van der Waals surface area contributed by atoms with Gasteiger partial charge in [-0.05, 0) is 54.2 Å². The van der Waals surface area contributed by atoms with Gasteiger partial charge >= 0.3 is 0 Å². The van der Waals surface area contributed by atoms with Gasteiger partial charge in [0.15, 0.2) is 0 Å². The Morgan fingerprint density at radius 1 is 1.00 bits per heavy atom. The Labute approximate surface area is 105 Å². The summed E-state index contributed by atoms with van der Waals surface area (Å²) < 4.78 is 13.8. The van der Waals surface area contributed by atoms with Crippen LogP contribution in [-0.4, -0.2) is 6.29 Å². The minimum Gasteiger partial charge on any atom is -0.298 e. The van der Waals surface area contributed by atoms with E-state index in [1.165, 1.54) is 29.7 Å². The van der Waals surface area contributed by atoms with Gasteiger partial charge in [0.25, 0.3) is 0 Å². The van der Waals surface area contributed by atoms with Crippen molar-refractivity contribution in [1.82, 2.24) is 0 Å². The van der Waals surface area contributed by atoms with Crippen molar-refractivity contribution < 1.29 is 9.18 Å². The first-order chi connectivity index (χ1) is 8.78. The molecule has 2 aromatic rings. The molecular formula is C16H13FO. The number of hydrogen-bond donors (Lipinski definition) is 0. The van der Waals surface area contributed by atoms with E-state index >= 15 is 0 Å². The fourth-order valence-electron chi connectivity index (χ4n) is 2.58. The molecule has 1 aliphatic rings. The van der Waals surface area contributed by atoms with Crippen molar-refractivity contribution in [2.45, 2.75) is 19.3 Å². The summed E-state index contributed by atoms with van der Waals surface area (Å²) in [7, 11) is 0. The maximum atomic E-state index is 13.8. The minimum absolute atomic E-state index is 0.279. The number of carbonyl (C=O) groups is 1. The molecule has 1 aliphatic carbocycles. The number of carbonyl (C=O) groups excluding carboxylic acids is 1. The van der Waals surface area contributed by atoms with E-state index in [4.69, 9.17) is 0 Å². The third-order valence-electron chi connectivity index (χ3n) is 3.54. The second kappa shape index (κ2) is 4.37. The quantitative estimate of drug-likeness (QED) is 0.730. The van der Waals surface area contributed by atoms with Gasteiger partial charge in [0.1, 0.15) is 12.1 Å². The van der Waals surface area contributed by atoms with Gasteiger partial charge in [0.05, 0.1) is 0 Å². The first-order valence-corrected chi connectivity index (χ1v) is 6.15. The molecule has 0 saturated heterocycles. The number of rotatable bonds is 2. The summed E-state index contributed by atoms with van der Waals surface area (Å²) in [6.07, 6.45) is 4.11. The average Bonchev–Trinajstić information content (AvgIpc) is 2.86. The van der Waals surface area contributed by atoms with Gasteiger partial charge in [-0.2, -0.15) is 0 Å². The van der Waals surface area contributed by atoms with Gasteiger partial charge in [0, 0.05) is 11.1 Å². The Morgan fingerprint density at radius 3 is 2.67 bits per heavy atom. The Kier molecular flexibility index (Phi) is 2.71. The first kappa shape index (κ1) is 11.1. The number of aryl methyl sites for hydroxylation is 2. The summed E-state index contributed by atoms with van der Waals surface area (Å²) in [5.41, 5.74) is 4.55. The van der Waals surface area contributed by atoms with Crippen molar-refractivity contribution >= 4 is 6.29 Å². The van der Waals surface area contributed by atoms with Crippen LogP contribution in [0.15, 0.2) is 36.4 Å². The second-order valence-electron chi connectivity index (χ2n) is 4.69. The maximum absolute atomic E-state index is 13.8. The second-order valence-corrected chi connectivity index (χ2v) is 4.69. The zero-order valence-corrected chi connectivity index (χ0v) is 9.95. The Balaban J connectivity index is 2.11. The first-order valence-electron chi connectivity index (χ1n) is 6.15. The molecule has 0 amide bonds. The molecule has 18 heavy (non-hydrogen) atoms. The standard InChI is InChI=1S/C16H13FO/c17-16-7-4-11(10-18)8-15(16)14-6-5-12-2-1-3-13(12)9-14/h4-10H,1-3H2. The topological polar surface area (TPSA) is 17.1 Å². The molecule has 0 N–H and O–H groups in total. The molecule has 2 aromatic carbocycles. The predicted octanol–water partition coefficient (Wildman–Crippen LogP) is 3.79. The molecule has 0 saturated carbocycles. The molecule has 0 bridgehead atoms. The number of halogens is 1. The van der Waals surface area contributed by atoms with E-state index in [-0.39, 0.29) is 5.82 Å². The van der Waals surface area contributed by atoms with Gasteiger partial charge < -0.3 is 0 Å². The molecule has 0 aliphatic heterocycles. The van der Waals surface area contributed by atoms with Crippen molar-refractivity contribution in [3.63, 3.8) is 0 Å². The maximum Gasteiger partial charge on any atom is 0.150 e. The molecule has 1 nitrogen and oxygen atoms in total. The van der Waals surface area contributed by atoms with E-state index in [0.29, 0.717) is 11.1 Å². The highest BCUT2D eigenvalue weighted by Gasteiger charge is 2.13. The third-order valence-corrected chi connectivity index (χ3v) is 3.54. The molecule has 0 aromatic heterocycles. The van der Waals surface area contributed by atoms with Crippen molar-refractivity contribution in [3.8, 4) is 11.1 Å². The van der Waals surface area contributed by atoms with Crippen molar-refractivity contribution in [2.75, 3.05) is 0 Å². The van der Waals surface area contributed by atoms with Crippen LogP contribution in [0.4, 0.5) is 4.39 Å². The SMILES string of the molecule is O=Cc1ccc(F)c(-c2ccc3c(c2)CCC3)c1. The van der Waals surface area contributed by atoms with Crippen LogP contribution in [0.1, 0.15) is 27.9 Å². The predicted molar refractivity (Wildman–Crippen MR) is 69.2 cm³/mol. The lowest BCUT2D eigenvalue weighted by molar-refractivity contribution is 0.112. The van der Waals surface area contributed by atoms with Crippen molar-refractivity contribution in [3.05, 3.63) is 58.9 Å². The van der Waals surface area contributed by atoms with Crippen LogP contribution in [-0.2, 0) is 12.8 Å². The van der Waals surface area contributed by atoms with Gasteiger partial charge in [0.2, 0.25) is 0 Å². The van der Waals surface area contributed by atoms with Crippen LogP contribution in [0.3, 0.4) is 0 Å². The van der Waals surface area contributed by atoms with E-state index < -0.39 is 0 Å². The Morgan fingerprint density at radius 2 is 1.83 bits per heavy atom. The average molecular weight is 240 g/mol. The van der Waals surface area contributed by atoms with Crippen LogP contribution < -0.4 is 0 Å². The summed E-state index contributed by atoms with van der Waals surface area (Å²) in [6.45, 7) is 0. The molecule has 0 fully saturated rings. The van der Waals surface area contributed by atoms with Crippen LogP contribution in [0.5, 0.6) is 0 Å². The highest BCUT2D eigenvalue weighted by molar-refractivity contribution is 5.79. The lowest BCUT2D eigenvalue weighted by Crippen LogP contribution is -1.90. The van der Waals surface area contributed by atoms with Crippen LogP contribution in [0.25, 0.3) is 11.1 Å². The number of aldehydes is 1. The normalized spacial score (nSPS) is 13.4. The molecule has 0 atom stereocenters. The summed E-state index contributed by atoms with van der Waals surface area (Å²) >= 11 is 0. The molecule has 0 heterocycles. The summed E-state index contributed by atoms with van der Waals surface area (Å²) in [5, 5.41) is 0. The zero-order chi connectivity index (χ0) is 12.5. The molecule has 90 valence electrons. The van der Waals surface area contributed by atoms with Crippen molar-refractivity contribution in [1.29, 1.82) is 0 Å². The molecule has 0 radical (unpaired) electrons. The molecule has 2 heteroatoms.